The van der Waals surface area contributed by atoms with Crippen molar-refractivity contribution in [3.63, 3.8) is 0 Å². The predicted octanol–water partition coefficient (Wildman–Crippen LogP) is 4.53. The second kappa shape index (κ2) is 5.91. The highest BCUT2D eigenvalue weighted by atomic mass is 32.2. The van der Waals surface area contributed by atoms with Crippen LogP contribution in [0.4, 0.5) is 5.69 Å². The predicted molar refractivity (Wildman–Crippen MR) is 98.5 cm³/mol. The Labute approximate surface area is 140 Å². The molecule has 0 amide bonds. The highest BCUT2D eigenvalue weighted by Crippen LogP contribution is 2.37. The van der Waals surface area contributed by atoms with Gasteiger partial charge in [0.25, 0.3) is 0 Å². The van der Waals surface area contributed by atoms with Gasteiger partial charge in [-0.1, -0.05) is 35.9 Å². The van der Waals surface area contributed by atoms with Crippen LogP contribution in [0.1, 0.15) is 40.2 Å². The van der Waals surface area contributed by atoms with E-state index in [-0.39, 0.29) is 5.25 Å². The van der Waals surface area contributed by atoms with E-state index in [9.17, 15) is 9.32 Å². The van der Waals surface area contributed by atoms with Gasteiger partial charge in [-0.05, 0) is 59.2 Å². The van der Waals surface area contributed by atoms with Gasteiger partial charge in [-0.2, -0.15) is 4.36 Å². The summed E-state index contributed by atoms with van der Waals surface area (Å²) in [6.45, 7) is 11.3. The lowest BCUT2D eigenvalue weighted by molar-refractivity contribution is 0.118. The van der Waals surface area contributed by atoms with Gasteiger partial charge >= 0.3 is 0 Å². The van der Waals surface area contributed by atoms with E-state index in [0.29, 0.717) is 5.69 Å². The fourth-order valence-corrected chi connectivity index (χ4v) is 5.23. The van der Waals surface area contributed by atoms with Crippen LogP contribution < -0.4 is 0 Å². The number of hydrogen-bond donors (Lipinski definition) is 1. The summed E-state index contributed by atoms with van der Waals surface area (Å²) in [6, 6.07) is 7.73. The van der Waals surface area contributed by atoms with E-state index in [2.05, 4.69) is 4.36 Å². The molecule has 1 aromatic rings. The first-order chi connectivity index (χ1) is 10.4. The van der Waals surface area contributed by atoms with Crippen LogP contribution in [0, 0.1) is 6.92 Å². The maximum Gasteiger partial charge on any atom is 0.0861 e. The van der Waals surface area contributed by atoms with Gasteiger partial charge in [0.1, 0.15) is 0 Å². The summed E-state index contributed by atoms with van der Waals surface area (Å²) in [7, 11) is -2.67. The maximum absolute atomic E-state index is 14.0. The van der Waals surface area contributed by atoms with Crippen molar-refractivity contribution in [2.75, 3.05) is 0 Å². The first-order valence-electron chi connectivity index (χ1n) is 7.88. The monoisotopic (exact) mass is 333 g/mol. The van der Waals surface area contributed by atoms with E-state index >= 15 is 0 Å². The molecule has 1 aliphatic carbocycles. The number of nitrogens with zero attached hydrogens (tertiary/aromatic N) is 1. The smallest absolute Gasteiger partial charge is 0.0861 e. The summed E-state index contributed by atoms with van der Waals surface area (Å²) in [4.78, 5) is 0. The molecule has 1 aliphatic rings. The largest absolute Gasteiger partial charge is 0.386 e. The Morgan fingerprint density at radius 2 is 1.65 bits per heavy atom. The number of aryl methyl sites for hydroxylation is 1. The molecular formula is C19H27NO2S. The molecule has 0 fully saturated rings. The number of benzene rings is 1. The SMILES string of the molecule is Cc1ccc(N=S(=O)(C2C=CC=C2C(C)(C)O)C(C)(C)C)cc1. The summed E-state index contributed by atoms with van der Waals surface area (Å²) in [6.07, 6.45) is 5.63. The van der Waals surface area contributed by atoms with Gasteiger partial charge in [0.15, 0.2) is 0 Å². The molecule has 23 heavy (non-hydrogen) atoms. The van der Waals surface area contributed by atoms with Crippen LogP contribution in [0.3, 0.4) is 0 Å². The van der Waals surface area contributed by atoms with E-state index in [1.807, 2.05) is 70.2 Å². The van der Waals surface area contributed by atoms with Crippen LogP contribution in [0.2, 0.25) is 0 Å². The minimum absolute atomic E-state index is 0.385. The molecule has 2 rings (SSSR count). The first kappa shape index (κ1) is 18.0. The topological polar surface area (TPSA) is 49.7 Å². The molecule has 2 unspecified atom stereocenters. The standard InChI is InChI=1S/C19H27NO2S/c1-14-10-12-15(13-11-14)20-23(22,18(2,3)4)17-9-7-8-16(17)19(5,6)21/h7-13,17,21H,1-6H3. The van der Waals surface area contributed by atoms with Crippen molar-refractivity contribution in [2.24, 2.45) is 4.36 Å². The summed E-state index contributed by atoms with van der Waals surface area (Å²) >= 11 is 0. The Balaban J connectivity index is 2.63. The molecule has 0 radical (unpaired) electrons. The molecule has 3 nitrogen and oxygen atoms in total. The minimum Gasteiger partial charge on any atom is -0.386 e. The lowest BCUT2D eigenvalue weighted by Crippen LogP contribution is -2.41. The second-order valence-electron chi connectivity index (χ2n) is 7.59. The zero-order chi connectivity index (χ0) is 17.5. The summed E-state index contributed by atoms with van der Waals surface area (Å²) in [5, 5.41) is 10.1. The van der Waals surface area contributed by atoms with Crippen molar-refractivity contribution in [2.45, 2.75) is 57.1 Å². The maximum atomic E-state index is 14.0. The molecule has 0 aliphatic heterocycles. The van der Waals surface area contributed by atoms with Crippen LogP contribution in [-0.4, -0.2) is 24.9 Å². The van der Waals surface area contributed by atoms with Crippen molar-refractivity contribution in [3.05, 3.63) is 53.6 Å². The van der Waals surface area contributed by atoms with E-state index < -0.39 is 20.1 Å². The van der Waals surface area contributed by atoms with Gasteiger partial charge in [-0.3, -0.25) is 0 Å². The lowest BCUT2D eigenvalue weighted by Gasteiger charge is -2.33. The Bertz CT molecular complexity index is 750. The van der Waals surface area contributed by atoms with Crippen molar-refractivity contribution in [1.82, 2.24) is 0 Å². The van der Waals surface area contributed by atoms with E-state index in [1.54, 1.807) is 13.8 Å². The van der Waals surface area contributed by atoms with Crippen molar-refractivity contribution in [3.8, 4) is 0 Å². The van der Waals surface area contributed by atoms with Crippen molar-refractivity contribution in [1.29, 1.82) is 0 Å². The van der Waals surface area contributed by atoms with E-state index in [1.165, 1.54) is 0 Å². The zero-order valence-electron chi connectivity index (χ0n) is 14.8. The molecule has 1 N–H and O–H groups in total. The van der Waals surface area contributed by atoms with Gasteiger partial charge < -0.3 is 5.11 Å². The number of hydrogen-bond acceptors (Lipinski definition) is 3. The molecular weight excluding hydrogens is 306 g/mol. The molecule has 126 valence electrons. The van der Waals surface area contributed by atoms with E-state index in [0.717, 1.165) is 11.1 Å². The highest BCUT2D eigenvalue weighted by Gasteiger charge is 2.41. The molecule has 0 aromatic heterocycles. The van der Waals surface area contributed by atoms with Crippen LogP contribution in [0.25, 0.3) is 0 Å². The Morgan fingerprint density at radius 3 is 2.13 bits per heavy atom. The number of aliphatic hydroxyl groups is 1. The molecule has 0 heterocycles. The van der Waals surface area contributed by atoms with Gasteiger partial charge in [-0.25, -0.2) is 4.21 Å². The Morgan fingerprint density at radius 1 is 1.09 bits per heavy atom. The summed E-state index contributed by atoms with van der Waals surface area (Å²) in [5.41, 5.74) is 1.59. The van der Waals surface area contributed by atoms with Crippen LogP contribution >= 0.6 is 0 Å². The molecule has 0 saturated carbocycles. The summed E-state index contributed by atoms with van der Waals surface area (Å²) in [5.74, 6) is 0. The van der Waals surface area contributed by atoms with E-state index in [4.69, 9.17) is 0 Å². The normalized spacial score (nSPS) is 21.0. The number of allylic oxidation sites excluding steroid dienone is 2. The third-order valence-corrected chi connectivity index (χ3v) is 7.41. The first-order valence-corrected chi connectivity index (χ1v) is 9.46. The second-order valence-corrected chi connectivity index (χ2v) is 10.6. The average molecular weight is 333 g/mol. The van der Waals surface area contributed by atoms with Gasteiger partial charge in [0, 0.05) is 4.75 Å². The van der Waals surface area contributed by atoms with Crippen LogP contribution in [0.5, 0.6) is 0 Å². The highest BCUT2D eigenvalue weighted by molar-refractivity contribution is 7.96. The third-order valence-electron chi connectivity index (χ3n) is 4.07. The molecule has 2 atom stereocenters. The molecule has 0 bridgehead atoms. The molecule has 0 saturated heterocycles. The minimum atomic E-state index is -2.67. The Hall–Kier alpha value is -1.39. The zero-order valence-corrected chi connectivity index (χ0v) is 15.6. The van der Waals surface area contributed by atoms with Gasteiger partial charge in [-0.15, -0.1) is 0 Å². The quantitative estimate of drug-likeness (QED) is 0.883. The van der Waals surface area contributed by atoms with Crippen LogP contribution in [-0.2, 0) is 9.73 Å². The fraction of sp³-hybridized carbons (Fsp3) is 0.474. The van der Waals surface area contributed by atoms with Crippen molar-refractivity contribution < 1.29 is 9.32 Å². The van der Waals surface area contributed by atoms with Crippen molar-refractivity contribution >= 4 is 15.4 Å². The Kier molecular flexibility index (Phi) is 4.62. The summed E-state index contributed by atoms with van der Waals surface area (Å²) < 4.78 is 18.1. The molecule has 4 heteroatoms. The number of rotatable bonds is 3. The van der Waals surface area contributed by atoms with Gasteiger partial charge in [0.2, 0.25) is 0 Å². The lowest BCUT2D eigenvalue weighted by atomic mass is 9.97. The molecule has 0 spiro atoms. The third kappa shape index (κ3) is 3.59. The van der Waals surface area contributed by atoms with Gasteiger partial charge in [0.05, 0.1) is 26.3 Å². The van der Waals surface area contributed by atoms with Crippen LogP contribution in [0.15, 0.2) is 52.4 Å². The average Bonchev–Trinajstić information content (AvgIpc) is 2.89. The molecule has 1 aromatic carbocycles. The fourth-order valence-electron chi connectivity index (χ4n) is 2.63.